The van der Waals surface area contributed by atoms with Crippen molar-refractivity contribution < 1.29 is 0 Å². The van der Waals surface area contributed by atoms with Gasteiger partial charge < -0.3 is 0 Å². The quantitative estimate of drug-likeness (QED) is 0.689. The smallest absolute Gasteiger partial charge is 0.0927 e. The lowest BCUT2D eigenvalue weighted by atomic mass is 10.1. The van der Waals surface area contributed by atoms with Crippen LogP contribution >= 0.6 is 27.5 Å². The molecule has 0 bridgehead atoms. The SMILES string of the molecule is Clc1ccc(-c2cc(-c3ccc(Br)cc3)n[nH]2)cc1. The van der Waals surface area contributed by atoms with Gasteiger partial charge in [-0.05, 0) is 35.9 Å². The highest BCUT2D eigenvalue weighted by Gasteiger charge is 2.05. The van der Waals surface area contributed by atoms with Crippen molar-refractivity contribution in [3.8, 4) is 22.5 Å². The summed E-state index contributed by atoms with van der Waals surface area (Å²) in [5.74, 6) is 0. The van der Waals surface area contributed by atoms with Gasteiger partial charge in [0.2, 0.25) is 0 Å². The zero-order valence-corrected chi connectivity index (χ0v) is 12.2. The summed E-state index contributed by atoms with van der Waals surface area (Å²) in [6, 6.07) is 17.8. The van der Waals surface area contributed by atoms with Crippen molar-refractivity contribution in [2.75, 3.05) is 0 Å². The van der Waals surface area contributed by atoms with Crippen LogP contribution in [0.2, 0.25) is 5.02 Å². The summed E-state index contributed by atoms with van der Waals surface area (Å²) in [6.07, 6.45) is 0. The summed E-state index contributed by atoms with van der Waals surface area (Å²) in [5, 5.41) is 8.12. The number of H-pyrrole nitrogens is 1. The molecular weight excluding hydrogens is 324 g/mol. The van der Waals surface area contributed by atoms with Gasteiger partial charge in [0, 0.05) is 15.1 Å². The predicted octanol–water partition coefficient (Wildman–Crippen LogP) is 5.16. The average molecular weight is 334 g/mol. The zero-order chi connectivity index (χ0) is 13.2. The summed E-state index contributed by atoms with van der Waals surface area (Å²) in [6.45, 7) is 0. The molecule has 3 rings (SSSR count). The topological polar surface area (TPSA) is 28.7 Å². The van der Waals surface area contributed by atoms with E-state index in [0.717, 1.165) is 32.0 Å². The van der Waals surface area contributed by atoms with Crippen LogP contribution in [0.25, 0.3) is 22.5 Å². The molecule has 2 aromatic carbocycles. The van der Waals surface area contributed by atoms with Crippen LogP contribution in [0.15, 0.2) is 59.1 Å². The molecule has 1 N–H and O–H groups in total. The molecule has 0 unspecified atom stereocenters. The van der Waals surface area contributed by atoms with Gasteiger partial charge in [-0.15, -0.1) is 0 Å². The fourth-order valence-corrected chi connectivity index (χ4v) is 2.26. The minimum Gasteiger partial charge on any atom is -0.277 e. The number of hydrogen-bond donors (Lipinski definition) is 1. The Morgan fingerprint density at radius 2 is 1.53 bits per heavy atom. The van der Waals surface area contributed by atoms with Crippen LogP contribution in [0.3, 0.4) is 0 Å². The van der Waals surface area contributed by atoms with Gasteiger partial charge >= 0.3 is 0 Å². The Morgan fingerprint density at radius 3 is 2.21 bits per heavy atom. The Hall–Kier alpha value is -1.58. The maximum absolute atomic E-state index is 5.88. The van der Waals surface area contributed by atoms with Crippen molar-refractivity contribution >= 4 is 27.5 Å². The first kappa shape index (κ1) is 12.5. The molecule has 0 radical (unpaired) electrons. The fourth-order valence-electron chi connectivity index (χ4n) is 1.87. The minimum atomic E-state index is 0.733. The minimum absolute atomic E-state index is 0.733. The van der Waals surface area contributed by atoms with Crippen LogP contribution in [-0.2, 0) is 0 Å². The van der Waals surface area contributed by atoms with Crippen LogP contribution in [-0.4, -0.2) is 10.2 Å². The number of nitrogens with one attached hydrogen (secondary N) is 1. The lowest BCUT2D eigenvalue weighted by Crippen LogP contribution is -1.77. The normalized spacial score (nSPS) is 10.6. The van der Waals surface area contributed by atoms with E-state index in [1.165, 1.54) is 0 Å². The third kappa shape index (κ3) is 2.72. The molecule has 0 aliphatic carbocycles. The van der Waals surface area contributed by atoms with Gasteiger partial charge in [-0.3, -0.25) is 5.10 Å². The van der Waals surface area contributed by atoms with Gasteiger partial charge in [-0.25, -0.2) is 0 Å². The number of nitrogens with zero attached hydrogens (tertiary/aromatic N) is 1. The van der Waals surface area contributed by atoms with Crippen LogP contribution < -0.4 is 0 Å². The monoisotopic (exact) mass is 332 g/mol. The Bertz CT molecular complexity index is 627. The number of aromatic amines is 1. The molecule has 0 aliphatic rings. The van der Waals surface area contributed by atoms with Crippen molar-refractivity contribution in [1.82, 2.24) is 10.2 Å². The maximum Gasteiger partial charge on any atom is 0.0927 e. The van der Waals surface area contributed by atoms with Crippen molar-refractivity contribution in [3.05, 3.63) is 64.1 Å². The molecule has 94 valence electrons. The number of benzene rings is 2. The molecule has 0 saturated heterocycles. The standard InChI is InChI=1S/C15H10BrClN2/c16-12-5-1-10(2-6-12)14-9-15(19-18-14)11-3-7-13(17)8-4-11/h1-9H,(H,18,19). The van der Waals surface area contributed by atoms with E-state index in [1.807, 2.05) is 54.6 Å². The maximum atomic E-state index is 5.88. The predicted molar refractivity (Wildman–Crippen MR) is 82.2 cm³/mol. The van der Waals surface area contributed by atoms with E-state index in [4.69, 9.17) is 11.6 Å². The Morgan fingerprint density at radius 1 is 0.895 bits per heavy atom. The molecule has 0 atom stereocenters. The second-order valence-corrected chi connectivity index (χ2v) is 5.53. The first-order chi connectivity index (χ1) is 9.22. The number of hydrogen-bond acceptors (Lipinski definition) is 1. The molecule has 0 spiro atoms. The molecule has 0 amide bonds. The van der Waals surface area contributed by atoms with Crippen molar-refractivity contribution in [3.63, 3.8) is 0 Å². The summed E-state index contributed by atoms with van der Waals surface area (Å²) in [4.78, 5) is 0. The molecule has 1 heterocycles. The largest absolute Gasteiger partial charge is 0.277 e. The molecule has 4 heteroatoms. The third-order valence-corrected chi connectivity index (χ3v) is 3.65. The van der Waals surface area contributed by atoms with Crippen LogP contribution in [0.4, 0.5) is 0 Å². The Kier molecular flexibility index (Phi) is 3.40. The number of halogens is 2. The van der Waals surface area contributed by atoms with Crippen molar-refractivity contribution in [2.45, 2.75) is 0 Å². The van der Waals surface area contributed by atoms with Crippen molar-refractivity contribution in [2.24, 2.45) is 0 Å². The van der Waals surface area contributed by atoms with E-state index in [-0.39, 0.29) is 0 Å². The number of aromatic nitrogens is 2. The molecule has 3 aromatic rings. The van der Waals surface area contributed by atoms with E-state index in [9.17, 15) is 0 Å². The van der Waals surface area contributed by atoms with E-state index in [0.29, 0.717) is 0 Å². The van der Waals surface area contributed by atoms with Gasteiger partial charge in [0.1, 0.15) is 0 Å². The summed E-state index contributed by atoms with van der Waals surface area (Å²) in [7, 11) is 0. The van der Waals surface area contributed by atoms with Crippen LogP contribution in [0.5, 0.6) is 0 Å². The molecule has 0 aliphatic heterocycles. The summed E-state index contributed by atoms with van der Waals surface area (Å²) >= 11 is 9.31. The van der Waals surface area contributed by atoms with Crippen molar-refractivity contribution in [1.29, 1.82) is 0 Å². The Labute approximate surface area is 124 Å². The van der Waals surface area contributed by atoms with Crippen LogP contribution in [0.1, 0.15) is 0 Å². The highest BCUT2D eigenvalue weighted by atomic mass is 79.9. The zero-order valence-electron chi connectivity index (χ0n) is 9.90. The lowest BCUT2D eigenvalue weighted by molar-refractivity contribution is 1.10. The fraction of sp³-hybridized carbons (Fsp3) is 0. The van der Waals surface area contributed by atoms with Crippen LogP contribution in [0, 0.1) is 0 Å². The van der Waals surface area contributed by atoms with Gasteiger partial charge in [0.25, 0.3) is 0 Å². The first-order valence-corrected chi connectivity index (χ1v) is 6.97. The highest BCUT2D eigenvalue weighted by molar-refractivity contribution is 9.10. The summed E-state index contributed by atoms with van der Waals surface area (Å²) in [5.41, 5.74) is 4.06. The van der Waals surface area contributed by atoms with Gasteiger partial charge in [-0.1, -0.05) is 51.8 Å². The second kappa shape index (κ2) is 5.19. The molecule has 1 aromatic heterocycles. The number of rotatable bonds is 2. The van der Waals surface area contributed by atoms with Gasteiger partial charge in [0.05, 0.1) is 11.4 Å². The molecule has 0 saturated carbocycles. The van der Waals surface area contributed by atoms with E-state index < -0.39 is 0 Å². The average Bonchev–Trinajstić information content (AvgIpc) is 2.90. The van der Waals surface area contributed by atoms with E-state index in [2.05, 4.69) is 26.1 Å². The van der Waals surface area contributed by atoms with E-state index >= 15 is 0 Å². The first-order valence-electron chi connectivity index (χ1n) is 5.80. The summed E-state index contributed by atoms with van der Waals surface area (Å²) < 4.78 is 1.06. The van der Waals surface area contributed by atoms with Gasteiger partial charge in [0.15, 0.2) is 0 Å². The third-order valence-electron chi connectivity index (χ3n) is 2.87. The molecular formula is C15H10BrClN2. The molecule has 2 nitrogen and oxygen atoms in total. The second-order valence-electron chi connectivity index (χ2n) is 4.18. The lowest BCUT2D eigenvalue weighted by Gasteiger charge is -1.97. The van der Waals surface area contributed by atoms with Gasteiger partial charge in [-0.2, -0.15) is 5.10 Å². The van der Waals surface area contributed by atoms with E-state index in [1.54, 1.807) is 0 Å². The highest BCUT2D eigenvalue weighted by Crippen LogP contribution is 2.25. The Balaban J connectivity index is 1.95. The molecule has 19 heavy (non-hydrogen) atoms. The molecule has 0 fully saturated rings.